The molecule has 2 aliphatic rings. The van der Waals surface area contributed by atoms with Gasteiger partial charge >= 0.3 is 0 Å². The number of sulfonamides is 2. The Balaban J connectivity index is 1.45. The van der Waals surface area contributed by atoms with Crippen molar-refractivity contribution in [3.8, 4) is 6.07 Å². The fourth-order valence-corrected chi connectivity index (χ4v) is 7.36. The predicted molar refractivity (Wildman–Crippen MR) is 145 cm³/mol. The van der Waals surface area contributed by atoms with Crippen LogP contribution >= 0.6 is 11.6 Å². The topological polar surface area (TPSA) is 149 Å². The number of pyridine rings is 1. The van der Waals surface area contributed by atoms with Gasteiger partial charge < -0.3 is 5.32 Å². The van der Waals surface area contributed by atoms with Gasteiger partial charge in [-0.05, 0) is 48.2 Å². The highest BCUT2D eigenvalue weighted by atomic mass is 35.5. The summed E-state index contributed by atoms with van der Waals surface area (Å²) in [5, 5.41) is 13.9. The van der Waals surface area contributed by atoms with Gasteiger partial charge in [0.15, 0.2) is 0 Å². The van der Waals surface area contributed by atoms with Crippen molar-refractivity contribution < 1.29 is 21.6 Å². The number of hydrogen-bond donors (Lipinski definition) is 2. The van der Waals surface area contributed by atoms with Crippen LogP contribution in [0.3, 0.4) is 0 Å². The van der Waals surface area contributed by atoms with Crippen molar-refractivity contribution in [2.24, 2.45) is 5.41 Å². The summed E-state index contributed by atoms with van der Waals surface area (Å²) in [7, 11) is -7.28. The van der Waals surface area contributed by atoms with Crippen molar-refractivity contribution in [2.75, 3.05) is 28.6 Å². The Labute approximate surface area is 225 Å². The maximum Gasteiger partial charge on any atom is 0.233 e. The molecule has 5 rings (SSSR count). The number of carbonyl (C=O) groups excluding carboxylic acids is 1. The molecule has 3 aromatic rings. The lowest BCUT2D eigenvalue weighted by molar-refractivity contribution is -0.118. The monoisotopic (exact) mass is 573 g/mol. The molecule has 2 aromatic carbocycles. The van der Waals surface area contributed by atoms with Gasteiger partial charge in [-0.1, -0.05) is 23.7 Å². The molecule has 38 heavy (non-hydrogen) atoms. The number of anilines is 2. The summed E-state index contributed by atoms with van der Waals surface area (Å²) in [5.41, 5.74) is 1.20. The molecule has 1 aromatic heterocycles. The number of nitrogens with one attached hydrogen (secondary N) is 2. The molecule has 1 saturated carbocycles. The first-order valence-electron chi connectivity index (χ1n) is 11.7. The zero-order chi connectivity index (χ0) is 27.3. The summed E-state index contributed by atoms with van der Waals surface area (Å²) >= 11 is 6.23. The molecule has 0 spiro atoms. The Morgan fingerprint density at radius 1 is 1.18 bits per heavy atom. The van der Waals surface area contributed by atoms with Gasteiger partial charge in [0.05, 0.1) is 41.3 Å². The highest BCUT2D eigenvalue weighted by Crippen LogP contribution is 2.47. The Morgan fingerprint density at radius 3 is 2.63 bits per heavy atom. The predicted octanol–water partition coefficient (Wildman–Crippen LogP) is 3.43. The Bertz CT molecular complexity index is 1720. The third-order valence-corrected chi connectivity index (χ3v) is 9.62. The van der Waals surface area contributed by atoms with Crippen LogP contribution in [0.4, 0.5) is 11.4 Å². The molecule has 1 unspecified atom stereocenters. The standard InChI is InChI=1S/C25H24ClN5O5S2/c1-37(33,34)30-19-4-5-20-17(8-19)10-28-11-23(20)29-24(32)22-13-31(12-16-2-3-18(26)9-21(16)22)38(35,36)15-25(14-27)6-7-25/h2-5,8-11,22,30H,6-7,12-13,15H2,1H3,(H,29,32). The second-order valence-corrected chi connectivity index (χ2v) is 14.0. The van der Waals surface area contributed by atoms with Gasteiger partial charge in [-0.2, -0.15) is 9.57 Å². The molecule has 10 nitrogen and oxygen atoms in total. The van der Waals surface area contributed by atoms with E-state index in [0.29, 0.717) is 51.1 Å². The maximum atomic E-state index is 13.6. The average molecular weight is 574 g/mol. The number of nitriles is 1. The van der Waals surface area contributed by atoms with Crippen LogP contribution in [0, 0.1) is 16.7 Å². The zero-order valence-electron chi connectivity index (χ0n) is 20.3. The van der Waals surface area contributed by atoms with E-state index < -0.39 is 37.3 Å². The number of hydrogen-bond acceptors (Lipinski definition) is 7. The number of fused-ring (bicyclic) bond motifs is 2. The van der Waals surface area contributed by atoms with E-state index in [9.17, 15) is 26.9 Å². The van der Waals surface area contributed by atoms with Crippen LogP contribution in [0.5, 0.6) is 0 Å². The number of aromatic nitrogens is 1. The van der Waals surface area contributed by atoms with Gasteiger partial charge in [-0.25, -0.2) is 16.8 Å². The minimum absolute atomic E-state index is 0.0893. The van der Waals surface area contributed by atoms with Crippen LogP contribution in [0.25, 0.3) is 10.8 Å². The highest BCUT2D eigenvalue weighted by molar-refractivity contribution is 7.92. The van der Waals surface area contributed by atoms with E-state index in [2.05, 4.69) is 21.1 Å². The van der Waals surface area contributed by atoms with Crippen LogP contribution in [0.1, 0.15) is 29.9 Å². The van der Waals surface area contributed by atoms with E-state index in [-0.39, 0.29) is 18.8 Å². The summed E-state index contributed by atoms with van der Waals surface area (Å²) < 4.78 is 53.4. The van der Waals surface area contributed by atoms with Gasteiger partial charge in [0.25, 0.3) is 0 Å². The third kappa shape index (κ3) is 5.47. The minimum atomic E-state index is -3.81. The Hall–Kier alpha value is -3.24. The van der Waals surface area contributed by atoms with Gasteiger partial charge in [-0.3, -0.25) is 14.5 Å². The van der Waals surface area contributed by atoms with Crippen LogP contribution in [0.15, 0.2) is 48.8 Å². The summed E-state index contributed by atoms with van der Waals surface area (Å²) in [6, 6.07) is 12.0. The Kier molecular flexibility index (Phi) is 6.59. The lowest BCUT2D eigenvalue weighted by Gasteiger charge is -2.34. The van der Waals surface area contributed by atoms with Crippen molar-refractivity contribution in [3.05, 3.63) is 64.9 Å². The molecule has 1 aliphatic heterocycles. The molecule has 1 fully saturated rings. The summed E-state index contributed by atoms with van der Waals surface area (Å²) in [4.78, 5) is 17.8. The zero-order valence-corrected chi connectivity index (χ0v) is 22.7. The van der Waals surface area contributed by atoms with Crippen molar-refractivity contribution in [2.45, 2.75) is 25.3 Å². The van der Waals surface area contributed by atoms with Gasteiger partial charge in [0.2, 0.25) is 26.0 Å². The number of nitrogens with zero attached hydrogens (tertiary/aromatic N) is 3. The number of halogens is 1. The molecule has 198 valence electrons. The van der Waals surface area contributed by atoms with Crippen molar-refractivity contribution >= 4 is 59.7 Å². The van der Waals surface area contributed by atoms with E-state index in [1.165, 1.54) is 10.5 Å². The number of benzene rings is 2. The maximum absolute atomic E-state index is 13.6. The largest absolute Gasteiger partial charge is 0.324 e. The molecule has 0 radical (unpaired) electrons. The summed E-state index contributed by atoms with van der Waals surface area (Å²) in [6.07, 6.45) is 5.16. The molecular formula is C25H24ClN5O5S2. The smallest absolute Gasteiger partial charge is 0.233 e. The lowest BCUT2D eigenvalue weighted by Crippen LogP contribution is -2.44. The number of amides is 1. The van der Waals surface area contributed by atoms with Gasteiger partial charge in [0.1, 0.15) is 0 Å². The molecular weight excluding hydrogens is 550 g/mol. The molecule has 13 heteroatoms. The molecule has 0 bridgehead atoms. The van der Waals surface area contributed by atoms with Crippen LogP contribution in [-0.2, 0) is 31.4 Å². The van der Waals surface area contributed by atoms with Crippen molar-refractivity contribution in [3.63, 3.8) is 0 Å². The minimum Gasteiger partial charge on any atom is -0.324 e. The van der Waals surface area contributed by atoms with Crippen molar-refractivity contribution in [1.82, 2.24) is 9.29 Å². The Morgan fingerprint density at radius 2 is 1.95 bits per heavy atom. The molecule has 2 N–H and O–H groups in total. The average Bonchev–Trinajstić information content (AvgIpc) is 3.61. The molecule has 0 saturated heterocycles. The van der Waals surface area contributed by atoms with Gasteiger partial charge in [0, 0.05) is 40.8 Å². The van der Waals surface area contributed by atoms with Gasteiger partial charge in [-0.15, -0.1) is 0 Å². The first-order chi connectivity index (χ1) is 17.9. The second kappa shape index (κ2) is 9.50. The number of rotatable bonds is 7. The van der Waals surface area contributed by atoms with Crippen molar-refractivity contribution in [1.29, 1.82) is 5.26 Å². The normalized spacial score (nSPS) is 18.8. The third-order valence-electron chi connectivity index (χ3n) is 6.80. The molecule has 1 atom stereocenters. The summed E-state index contributed by atoms with van der Waals surface area (Å²) in [5.74, 6) is -1.57. The van der Waals surface area contributed by atoms with E-state index in [1.54, 1.807) is 42.6 Å². The first kappa shape index (κ1) is 26.4. The quantitative estimate of drug-likeness (QED) is 0.439. The number of carbonyl (C=O) groups is 1. The highest BCUT2D eigenvalue weighted by Gasteiger charge is 2.49. The molecule has 1 aliphatic carbocycles. The van der Waals surface area contributed by atoms with Crippen LogP contribution in [0.2, 0.25) is 5.02 Å². The van der Waals surface area contributed by atoms with E-state index in [0.717, 1.165) is 6.26 Å². The van der Waals surface area contributed by atoms with E-state index in [1.807, 2.05) is 0 Å². The fourth-order valence-electron chi connectivity index (χ4n) is 4.68. The van der Waals surface area contributed by atoms with Crippen LogP contribution in [-0.4, -0.2) is 50.6 Å². The molecule has 2 heterocycles. The summed E-state index contributed by atoms with van der Waals surface area (Å²) in [6.45, 7) is -0.00427. The first-order valence-corrected chi connectivity index (χ1v) is 15.6. The molecule has 1 amide bonds. The second-order valence-electron chi connectivity index (χ2n) is 9.82. The SMILES string of the molecule is CS(=O)(=O)Nc1ccc2c(NC(=O)C3CN(S(=O)(=O)CC4(C#N)CC4)Cc4ccc(Cl)cc43)cncc2c1. The fraction of sp³-hybridized carbons (Fsp3) is 0.320. The van der Waals surface area contributed by atoms with Crippen LogP contribution < -0.4 is 10.0 Å². The van der Waals surface area contributed by atoms with E-state index >= 15 is 0 Å². The lowest BCUT2D eigenvalue weighted by atomic mass is 9.90. The van der Waals surface area contributed by atoms with E-state index in [4.69, 9.17) is 11.6 Å².